The summed E-state index contributed by atoms with van der Waals surface area (Å²) in [6.45, 7) is 0.748. The zero-order valence-corrected chi connectivity index (χ0v) is 9.89. The van der Waals surface area contributed by atoms with Gasteiger partial charge in [0.05, 0.1) is 14.9 Å². The first-order valence-corrected chi connectivity index (χ1v) is 6.48. The van der Waals surface area contributed by atoms with Gasteiger partial charge >= 0.3 is 0 Å². The molecule has 0 amide bonds. The van der Waals surface area contributed by atoms with Crippen LogP contribution in [-0.2, 0) is 6.42 Å². The molecule has 0 bridgehead atoms. The molecule has 3 heteroatoms. The van der Waals surface area contributed by atoms with Crippen molar-refractivity contribution in [3.63, 3.8) is 0 Å². The van der Waals surface area contributed by atoms with Crippen LogP contribution in [0, 0.1) is 0 Å². The Balaban J connectivity index is 2.03. The van der Waals surface area contributed by atoms with Crippen molar-refractivity contribution in [3.8, 4) is 0 Å². The van der Waals surface area contributed by atoms with Crippen molar-refractivity contribution in [1.82, 2.24) is 4.98 Å². The molecule has 0 saturated heterocycles. The van der Waals surface area contributed by atoms with E-state index in [0.717, 1.165) is 25.8 Å². The molecule has 1 aromatic heterocycles. The highest BCUT2D eigenvalue weighted by Gasteiger charge is 2.15. The molecule has 3 rings (SSSR count). The van der Waals surface area contributed by atoms with Crippen LogP contribution in [0.1, 0.15) is 17.8 Å². The van der Waals surface area contributed by atoms with Crippen LogP contribution in [0.3, 0.4) is 0 Å². The Kier molecular flexibility index (Phi) is 2.50. The summed E-state index contributed by atoms with van der Waals surface area (Å²) in [7, 11) is 0. The van der Waals surface area contributed by atoms with Gasteiger partial charge in [-0.25, -0.2) is 4.98 Å². The van der Waals surface area contributed by atoms with Crippen LogP contribution in [0.5, 0.6) is 0 Å². The van der Waals surface area contributed by atoms with Crippen molar-refractivity contribution in [2.24, 2.45) is 5.73 Å². The van der Waals surface area contributed by atoms with Gasteiger partial charge in [0.25, 0.3) is 0 Å². The first-order chi connectivity index (χ1) is 7.88. The van der Waals surface area contributed by atoms with E-state index in [4.69, 9.17) is 10.7 Å². The standard InChI is InChI=1S/C13H14N2S/c14-7-3-6-12-15-13-10-5-2-1-4-9(10)8-11(13)16-12/h1-2,4,8H,3,5-7,14H2. The van der Waals surface area contributed by atoms with E-state index in [9.17, 15) is 0 Å². The SMILES string of the molecule is NCCCc1nc2c(s1)=CC1=CC=CCC=21. The second-order valence-electron chi connectivity index (χ2n) is 4.09. The topological polar surface area (TPSA) is 38.9 Å². The summed E-state index contributed by atoms with van der Waals surface area (Å²) in [5, 5.41) is 2.44. The third-order valence-corrected chi connectivity index (χ3v) is 4.01. The molecule has 0 radical (unpaired) electrons. The number of rotatable bonds is 3. The van der Waals surface area contributed by atoms with E-state index in [2.05, 4.69) is 24.3 Å². The van der Waals surface area contributed by atoms with Crippen LogP contribution < -0.4 is 15.6 Å². The molecule has 82 valence electrons. The minimum Gasteiger partial charge on any atom is -0.330 e. The molecule has 1 heterocycles. The Hall–Kier alpha value is -1.19. The van der Waals surface area contributed by atoms with Crippen LogP contribution in [0.15, 0.2) is 23.8 Å². The predicted octanol–water partition coefficient (Wildman–Crippen LogP) is 0.865. The van der Waals surface area contributed by atoms with Gasteiger partial charge in [-0.15, -0.1) is 11.3 Å². The summed E-state index contributed by atoms with van der Waals surface area (Å²) in [4.78, 5) is 4.73. The summed E-state index contributed by atoms with van der Waals surface area (Å²) in [5.41, 5.74) is 8.26. The first kappa shape index (κ1) is 10.00. The maximum absolute atomic E-state index is 5.52. The zero-order valence-electron chi connectivity index (χ0n) is 9.07. The molecule has 2 aliphatic carbocycles. The molecule has 0 fully saturated rings. The molecular weight excluding hydrogens is 216 g/mol. The van der Waals surface area contributed by atoms with Crippen molar-refractivity contribution in [2.75, 3.05) is 6.54 Å². The second kappa shape index (κ2) is 4.00. The van der Waals surface area contributed by atoms with Gasteiger partial charge in [0.1, 0.15) is 0 Å². The lowest BCUT2D eigenvalue weighted by atomic mass is 10.0. The van der Waals surface area contributed by atoms with Crippen LogP contribution >= 0.6 is 11.3 Å². The highest BCUT2D eigenvalue weighted by molar-refractivity contribution is 7.09. The molecule has 0 spiro atoms. The van der Waals surface area contributed by atoms with Gasteiger partial charge in [-0.1, -0.05) is 18.2 Å². The number of allylic oxidation sites excluding steroid dienone is 4. The van der Waals surface area contributed by atoms with E-state index in [1.165, 1.54) is 26.0 Å². The molecule has 0 aliphatic heterocycles. The highest BCUT2D eigenvalue weighted by Crippen LogP contribution is 2.23. The van der Waals surface area contributed by atoms with Gasteiger partial charge in [-0.05, 0) is 36.6 Å². The number of aromatic nitrogens is 1. The molecule has 2 nitrogen and oxygen atoms in total. The predicted molar refractivity (Wildman–Crippen MR) is 68.5 cm³/mol. The number of nitrogens with zero attached hydrogens (tertiary/aromatic N) is 1. The van der Waals surface area contributed by atoms with Gasteiger partial charge in [-0.2, -0.15) is 0 Å². The number of hydrogen-bond donors (Lipinski definition) is 1. The fourth-order valence-electron chi connectivity index (χ4n) is 2.14. The van der Waals surface area contributed by atoms with Crippen LogP contribution in [-0.4, -0.2) is 11.5 Å². The molecule has 0 saturated carbocycles. The van der Waals surface area contributed by atoms with Crippen LogP contribution in [0.2, 0.25) is 0 Å². The molecule has 16 heavy (non-hydrogen) atoms. The molecule has 0 unspecified atom stereocenters. The lowest BCUT2D eigenvalue weighted by Crippen LogP contribution is -2.19. The van der Waals surface area contributed by atoms with Gasteiger partial charge in [0.2, 0.25) is 0 Å². The first-order valence-electron chi connectivity index (χ1n) is 5.66. The minimum absolute atomic E-state index is 0.748. The maximum Gasteiger partial charge on any atom is 0.0939 e. The average molecular weight is 230 g/mol. The van der Waals surface area contributed by atoms with Gasteiger partial charge in [0, 0.05) is 6.42 Å². The van der Waals surface area contributed by atoms with Crippen LogP contribution in [0.25, 0.3) is 11.6 Å². The van der Waals surface area contributed by atoms with Crippen molar-refractivity contribution in [1.29, 1.82) is 0 Å². The van der Waals surface area contributed by atoms with Gasteiger partial charge in [-0.3, -0.25) is 0 Å². The Morgan fingerprint density at radius 3 is 3.25 bits per heavy atom. The molecule has 2 aliphatic rings. The molecular formula is C13H14N2S. The lowest BCUT2D eigenvalue weighted by Gasteiger charge is -2.04. The molecule has 0 aromatic carbocycles. The summed E-state index contributed by atoms with van der Waals surface area (Å²) in [6.07, 6.45) is 11.8. The highest BCUT2D eigenvalue weighted by atomic mass is 32.1. The Labute approximate surface area is 98.5 Å². The van der Waals surface area contributed by atoms with E-state index < -0.39 is 0 Å². The third-order valence-electron chi connectivity index (χ3n) is 2.95. The fraction of sp³-hybridized carbons (Fsp3) is 0.308. The number of thiazole rings is 1. The molecule has 0 atom stereocenters. The number of hydrogen-bond acceptors (Lipinski definition) is 3. The Morgan fingerprint density at radius 2 is 2.38 bits per heavy atom. The molecule has 2 N–H and O–H groups in total. The number of fused-ring (bicyclic) bond motifs is 2. The van der Waals surface area contributed by atoms with E-state index in [-0.39, 0.29) is 0 Å². The van der Waals surface area contributed by atoms with E-state index in [1.807, 2.05) is 11.3 Å². The maximum atomic E-state index is 5.52. The Morgan fingerprint density at radius 1 is 1.44 bits per heavy atom. The summed E-state index contributed by atoms with van der Waals surface area (Å²) in [5.74, 6) is 0. The largest absolute Gasteiger partial charge is 0.330 e. The van der Waals surface area contributed by atoms with E-state index in [1.54, 1.807) is 0 Å². The number of aryl methyl sites for hydroxylation is 1. The smallest absolute Gasteiger partial charge is 0.0939 e. The summed E-state index contributed by atoms with van der Waals surface area (Å²) < 4.78 is 1.33. The molecule has 1 aromatic rings. The average Bonchev–Trinajstić information content (AvgIpc) is 2.83. The Bertz CT molecular complexity index is 590. The lowest BCUT2D eigenvalue weighted by molar-refractivity contribution is 0.824. The van der Waals surface area contributed by atoms with Crippen LogP contribution in [0.4, 0.5) is 0 Å². The van der Waals surface area contributed by atoms with Crippen molar-refractivity contribution in [2.45, 2.75) is 19.3 Å². The minimum atomic E-state index is 0.748. The van der Waals surface area contributed by atoms with Crippen molar-refractivity contribution < 1.29 is 0 Å². The van der Waals surface area contributed by atoms with Crippen molar-refractivity contribution in [3.05, 3.63) is 38.7 Å². The third kappa shape index (κ3) is 1.56. The van der Waals surface area contributed by atoms with Crippen molar-refractivity contribution >= 4 is 23.0 Å². The van der Waals surface area contributed by atoms with E-state index >= 15 is 0 Å². The quantitative estimate of drug-likeness (QED) is 0.836. The fourth-order valence-corrected chi connectivity index (χ4v) is 3.23. The zero-order chi connectivity index (χ0) is 11.0. The summed E-state index contributed by atoms with van der Waals surface area (Å²) >= 11 is 1.82. The normalized spacial score (nSPS) is 16.8. The monoisotopic (exact) mass is 230 g/mol. The summed E-state index contributed by atoms with van der Waals surface area (Å²) in [6, 6.07) is 0. The van der Waals surface area contributed by atoms with E-state index in [0.29, 0.717) is 0 Å². The van der Waals surface area contributed by atoms with Gasteiger partial charge < -0.3 is 5.73 Å². The van der Waals surface area contributed by atoms with Gasteiger partial charge in [0.15, 0.2) is 0 Å². The number of nitrogens with two attached hydrogens (primary N) is 1. The second-order valence-corrected chi connectivity index (χ2v) is 5.21.